The van der Waals surface area contributed by atoms with Crippen molar-refractivity contribution in [3.63, 3.8) is 0 Å². The standard InChI is InChI=1S/C3H9N4/c1-6-7-2-3(4)5/h6H,2H2,1H3,(H3,4,5). The highest BCUT2D eigenvalue weighted by atomic mass is 15.3. The SMILES string of the molecule is CN[N]CC(=N)N. The van der Waals surface area contributed by atoms with Crippen molar-refractivity contribution in [3.8, 4) is 0 Å². The van der Waals surface area contributed by atoms with Gasteiger partial charge in [0.1, 0.15) is 5.84 Å². The van der Waals surface area contributed by atoms with Crippen LogP contribution in [0.4, 0.5) is 0 Å². The van der Waals surface area contributed by atoms with E-state index in [1.54, 1.807) is 7.05 Å². The fraction of sp³-hybridized carbons (Fsp3) is 0.667. The molecule has 0 aliphatic carbocycles. The zero-order chi connectivity index (χ0) is 5.70. The Labute approximate surface area is 42.6 Å². The quantitative estimate of drug-likeness (QED) is 0.234. The predicted octanol–water partition coefficient (Wildman–Crippen LogP) is -1.34. The summed E-state index contributed by atoms with van der Waals surface area (Å²) in [5, 5.41) is 6.64. The molecule has 4 heteroatoms. The molecule has 0 amide bonds. The summed E-state index contributed by atoms with van der Waals surface area (Å²) in [5.41, 5.74) is 11.0. The molecule has 0 aliphatic heterocycles. The minimum Gasteiger partial charge on any atom is -0.386 e. The van der Waals surface area contributed by atoms with Gasteiger partial charge in [-0.15, -0.1) is 0 Å². The number of hydrogen-bond acceptors (Lipinski definition) is 2. The third kappa shape index (κ3) is 5.39. The second-order valence-electron chi connectivity index (χ2n) is 1.07. The number of nitrogens with two attached hydrogens (primary N) is 1. The topological polar surface area (TPSA) is 76.0 Å². The maximum absolute atomic E-state index is 6.64. The molecule has 1 radical (unpaired) electrons. The normalized spacial score (nSPS) is 8.71. The van der Waals surface area contributed by atoms with Gasteiger partial charge in [-0.3, -0.25) is 5.41 Å². The largest absolute Gasteiger partial charge is 0.386 e. The van der Waals surface area contributed by atoms with Crippen LogP contribution in [0.2, 0.25) is 0 Å². The van der Waals surface area contributed by atoms with Crippen molar-refractivity contribution in [1.82, 2.24) is 10.9 Å². The van der Waals surface area contributed by atoms with E-state index in [0.717, 1.165) is 0 Å². The molecule has 0 fully saturated rings. The van der Waals surface area contributed by atoms with Gasteiger partial charge in [-0.05, 0) is 0 Å². The van der Waals surface area contributed by atoms with Gasteiger partial charge >= 0.3 is 0 Å². The van der Waals surface area contributed by atoms with Crippen LogP contribution in [-0.4, -0.2) is 19.4 Å². The Hall–Kier alpha value is -0.610. The molecule has 7 heavy (non-hydrogen) atoms. The Kier molecular flexibility index (Phi) is 3.26. The molecular formula is C3H9N4. The lowest BCUT2D eigenvalue weighted by Gasteiger charge is -1.93. The number of rotatable bonds is 3. The van der Waals surface area contributed by atoms with Crippen LogP contribution in [0.3, 0.4) is 0 Å². The number of hydrogen-bond donors (Lipinski definition) is 3. The molecular weight excluding hydrogens is 92.1 g/mol. The molecule has 0 spiro atoms. The fourth-order valence-corrected chi connectivity index (χ4v) is 0.164. The molecule has 0 unspecified atom stereocenters. The van der Waals surface area contributed by atoms with Crippen LogP contribution in [0, 0.1) is 5.41 Å². The van der Waals surface area contributed by atoms with Gasteiger partial charge in [0.2, 0.25) is 0 Å². The summed E-state index contributed by atoms with van der Waals surface area (Å²) in [6.45, 7) is 0.274. The average molecular weight is 101 g/mol. The van der Waals surface area contributed by atoms with Crippen LogP contribution < -0.4 is 16.6 Å². The Morgan fingerprint density at radius 1 is 2.00 bits per heavy atom. The second kappa shape index (κ2) is 3.58. The van der Waals surface area contributed by atoms with E-state index in [1.807, 2.05) is 0 Å². The van der Waals surface area contributed by atoms with Gasteiger partial charge in [0.05, 0.1) is 6.54 Å². The lowest BCUT2D eigenvalue weighted by molar-refractivity contribution is 0.640. The van der Waals surface area contributed by atoms with Crippen molar-refractivity contribution in [3.05, 3.63) is 0 Å². The van der Waals surface area contributed by atoms with Crippen LogP contribution in [0.15, 0.2) is 0 Å². The predicted molar refractivity (Wildman–Crippen MR) is 28.0 cm³/mol. The summed E-state index contributed by atoms with van der Waals surface area (Å²) in [7, 11) is 1.67. The van der Waals surface area contributed by atoms with Crippen molar-refractivity contribution in [1.29, 1.82) is 5.41 Å². The van der Waals surface area contributed by atoms with Gasteiger partial charge in [-0.1, -0.05) is 0 Å². The smallest absolute Gasteiger partial charge is 0.108 e. The first kappa shape index (κ1) is 6.39. The van der Waals surface area contributed by atoms with E-state index in [1.165, 1.54) is 0 Å². The molecule has 0 aliphatic rings. The summed E-state index contributed by atoms with van der Waals surface area (Å²) in [6.07, 6.45) is 0. The van der Waals surface area contributed by atoms with Gasteiger partial charge in [-0.2, -0.15) is 5.43 Å². The lowest BCUT2D eigenvalue weighted by atomic mass is 10.6. The Balaban J connectivity index is 2.82. The molecule has 0 aromatic heterocycles. The molecule has 0 aromatic rings. The average Bonchev–Trinajstić information content (AvgIpc) is 1.61. The summed E-state index contributed by atoms with van der Waals surface area (Å²) in [5.74, 6) is 0.0781. The van der Waals surface area contributed by atoms with E-state index in [2.05, 4.69) is 10.9 Å². The highest BCUT2D eigenvalue weighted by Gasteiger charge is 1.82. The molecule has 0 aromatic carbocycles. The maximum atomic E-state index is 6.64. The fourth-order valence-electron chi connectivity index (χ4n) is 0.164. The third-order valence-electron chi connectivity index (χ3n) is 0.408. The molecule has 0 atom stereocenters. The minimum atomic E-state index is 0.0781. The highest BCUT2D eigenvalue weighted by molar-refractivity contribution is 5.78. The lowest BCUT2D eigenvalue weighted by Crippen LogP contribution is -2.29. The second-order valence-corrected chi connectivity index (χ2v) is 1.07. The van der Waals surface area contributed by atoms with E-state index < -0.39 is 0 Å². The van der Waals surface area contributed by atoms with Crippen molar-refractivity contribution in [2.75, 3.05) is 13.6 Å². The molecule has 4 N–H and O–H groups in total. The number of nitrogens with one attached hydrogen (secondary N) is 2. The first-order valence-electron chi connectivity index (χ1n) is 1.93. The molecule has 0 saturated heterocycles. The van der Waals surface area contributed by atoms with E-state index in [9.17, 15) is 0 Å². The van der Waals surface area contributed by atoms with E-state index >= 15 is 0 Å². The highest BCUT2D eigenvalue weighted by Crippen LogP contribution is 1.50. The van der Waals surface area contributed by atoms with Gasteiger partial charge in [0.25, 0.3) is 0 Å². The Morgan fingerprint density at radius 2 is 2.57 bits per heavy atom. The maximum Gasteiger partial charge on any atom is 0.108 e. The van der Waals surface area contributed by atoms with Crippen LogP contribution in [-0.2, 0) is 0 Å². The molecule has 0 saturated carbocycles. The molecule has 0 heterocycles. The van der Waals surface area contributed by atoms with Crippen molar-refractivity contribution in [2.24, 2.45) is 5.73 Å². The van der Waals surface area contributed by atoms with E-state index in [-0.39, 0.29) is 12.4 Å². The summed E-state index contributed by atoms with van der Waals surface area (Å²) in [4.78, 5) is 0. The van der Waals surface area contributed by atoms with Crippen LogP contribution in [0.25, 0.3) is 0 Å². The summed E-state index contributed by atoms with van der Waals surface area (Å²) < 4.78 is 0. The van der Waals surface area contributed by atoms with Crippen LogP contribution in [0.5, 0.6) is 0 Å². The molecule has 41 valence electrons. The van der Waals surface area contributed by atoms with Crippen LogP contribution in [0.1, 0.15) is 0 Å². The van der Waals surface area contributed by atoms with Crippen molar-refractivity contribution >= 4 is 5.84 Å². The molecule has 0 rings (SSSR count). The Morgan fingerprint density at radius 3 is 2.71 bits per heavy atom. The van der Waals surface area contributed by atoms with Crippen LogP contribution >= 0.6 is 0 Å². The Bertz CT molecular complexity index is 60.0. The van der Waals surface area contributed by atoms with E-state index in [4.69, 9.17) is 11.1 Å². The molecule has 4 nitrogen and oxygen atoms in total. The number of amidine groups is 1. The van der Waals surface area contributed by atoms with E-state index in [0.29, 0.717) is 0 Å². The zero-order valence-corrected chi connectivity index (χ0v) is 4.23. The number of nitrogens with zero attached hydrogens (tertiary/aromatic N) is 1. The van der Waals surface area contributed by atoms with Gasteiger partial charge < -0.3 is 5.73 Å². The summed E-state index contributed by atoms with van der Waals surface area (Å²) in [6, 6.07) is 0. The van der Waals surface area contributed by atoms with Gasteiger partial charge in [-0.25, -0.2) is 5.43 Å². The minimum absolute atomic E-state index is 0.0781. The first-order valence-corrected chi connectivity index (χ1v) is 1.93. The van der Waals surface area contributed by atoms with Gasteiger partial charge in [0.15, 0.2) is 0 Å². The summed E-state index contributed by atoms with van der Waals surface area (Å²) >= 11 is 0. The van der Waals surface area contributed by atoms with Gasteiger partial charge in [0, 0.05) is 7.05 Å². The third-order valence-corrected chi connectivity index (χ3v) is 0.408. The first-order chi connectivity index (χ1) is 3.27. The zero-order valence-electron chi connectivity index (χ0n) is 4.23. The van der Waals surface area contributed by atoms with Crippen molar-refractivity contribution < 1.29 is 0 Å². The van der Waals surface area contributed by atoms with Crippen molar-refractivity contribution in [2.45, 2.75) is 0 Å². The molecule has 0 bridgehead atoms. The monoisotopic (exact) mass is 101 g/mol.